The van der Waals surface area contributed by atoms with Gasteiger partial charge in [-0.25, -0.2) is 5.01 Å². The van der Waals surface area contributed by atoms with Gasteiger partial charge in [-0.15, -0.1) is 0 Å². The van der Waals surface area contributed by atoms with E-state index in [9.17, 15) is 8.78 Å². The topological polar surface area (TPSA) is 24.5 Å². The molecule has 1 fully saturated rings. The summed E-state index contributed by atoms with van der Waals surface area (Å²) in [4.78, 5) is 0. The minimum absolute atomic E-state index is 0.317. The molecule has 66 valence electrons. The van der Waals surface area contributed by atoms with E-state index >= 15 is 0 Å². The van der Waals surface area contributed by atoms with Crippen LogP contribution in [0.25, 0.3) is 0 Å². The van der Waals surface area contributed by atoms with Crippen LogP contribution in [0.15, 0.2) is 0 Å². The van der Waals surface area contributed by atoms with Crippen LogP contribution in [-0.4, -0.2) is 37.9 Å². The molecule has 1 aliphatic rings. The molecular weight excluding hydrogens is 154 g/mol. The molecule has 11 heavy (non-hydrogen) atoms. The molecule has 0 saturated carbocycles. The number of rotatable bonds is 3. The predicted molar refractivity (Wildman–Crippen MR) is 36.1 cm³/mol. The molecule has 1 heterocycles. The fourth-order valence-electron chi connectivity index (χ4n) is 1.19. The van der Waals surface area contributed by atoms with Crippen LogP contribution in [-0.2, 0) is 4.74 Å². The largest absolute Gasteiger partial charge is 0.345 e. The van der Waals surface area contributed by atoms with E-state index in [2.05, 4.69) is 10.2 Å². The third kappa shape index (κ3) is 2.69. The molecular formula is C6H12F2N2O. The molecule has 0 radical (unpaired) electrons. The van der Waals surface area contributed by atoms with Crippen molar-refractivity contribution < 1.29 is 13.5 Å². The lowest BCUT2D eigenvalue weighted by atomic mass is 10.3. The summed E-state index contributed by atoms with van der Waals surface area (Å²) < 4.78 is 27.6. The zero-order valence-electron chi connectivity index (χ0n) is 6.39. The average molecular weight is 166 g/mol. The first-order chi connectivity index (χ1) is 5.22. The number of nitrogens with one attached hydrogen (secondary N) is 1. The molecule has 3 nitrogen and oxygen atoms in total. The highest BCUT2D eigenvalue weighted by atomic mass is 19.3. The van der Waals surface area contributed by atoms with Crippen molar-refractivity contribution in [3.05, 3.63) is 0 Å². The quantitative estimate of drug-likeness (QED) is 0.658. The van der Waals surface area contributed by atoms with E-state index in [0.717, 1.165) is 6.54 Å². The zero-order valence-corrected chi connectivity index (χ0v) is 6.39. The fraction of sp³-hybridized carbons (Fsp3) is 1.00. The Bertz CT molecular complexity index is 123. The van der Waals surface area contributed by atoms with Gasteiger partial charge in [0.15, 0.2) is 0 Å². The van der Waals surface area contributed by atoms with Gasteiger partial charge in [0.2, 0.25) is 0 Å². The molecule has 0 aromatic carbocycles. The molecule has 1 N–H and O–H groups in total. The number of hydrogen-bond acceptors (Lipinski definition) is 3. The molecule has 0 spiro atoms. The molecule has 1 unspecified atom stereocenters. The number of hydrazine groups is 1. The van der Waals surface area contributed by atoms with Crippen molar-refractivity contribution in [3.63, 3.8) is 0 Å². The second-order valence-corrected chi connectivity index (χ2v) is 2.48. The Labute approximate surface area is 64.3 Å². The Morgan fingerprint density at radius 1 is 1.64 bits per heavy atom. The average Bonchev–Trinajstić information content (AvgIpc) is 2.34. The van der Waals surface area contributed by atoms with Crippen molar-refractivity contribution in [1.82, 2.24) is 10.4 Å². The zero-order chi connectivity index (χ0) is 8.27. The number of alkyl halides is 2. The Balaban J connectivity index is 2.19. The van der Waals surface area contributed by atoms with Gasteiger partial charge in [-0.3, -0.25) is 5.43 Å². The first-order valence-corrected chi connectivity index (χ1v) is 3.58. The molecule has 1 saturated heterocycles. The van der Waals surface area contributed by atoms with Crippen LogP contribution in [0.2, 0.25) is 0 Å². The van der Waals surface area contributed by atoms with Crippen LogP contribution in [0.4, 0.5) is 8.78 Å². The summed E-state index contributed by atoms with van der Waals surface area (Å²) in [5.74, 6) is 0. The molecule has 0 bridgehead atoms. The first kappa shape index (κ1) is 8.83. The molecule has 0 aromatic heterocycles. The fourth-order valence-corrected chi connectivity index (χ4v) is 1.19. The van der Waals surface area contributed by atoms with Crippen LogP contribution in [0, 0.1) is 0 Å². The lowest BCUT2D eigenvalue weighted by Crippen LogP contribution is -2.34. The van der Waals surface area contributed by atoms with Crippen molar-refractivity contribution in [3.8, 4) is 0 Å². The highest BCUT2D eigenvalue weighted by molar-refractivity contribution is 4.72. The minimum Gasteiger partial charge on any atom is -0.318 e. The van der Waals surface area contributed by atoms with E-state index in [1.54, 1.807) is 7.05 Å². The van der Waals surface area contributed by atoms with Gasteiger partial charge in [0.1, 0.15) is 0 Å². The number of hydrogen-bond donors (Lipinski definition) is 1. The maximum Gasteiger partial charge on any atom is 0.345 e. The highest BCUT2D eigenvalue weighted by Crippen LogP contribution is 2.12. The van der Waals surface area contributed by atoms with E-state index in [4.69, 9.17) is 0 Å². The van der Waals surface area contributed by atoms with Gasteiger partial charge in [0.05, 0.1) is 6.10 Å². The Hall–Kier alpha value is -0.260. The summed E-state index contributed by atoms with van der Waals surface area (Å²) in [7, 11) is 1.77. The summed E-state index contributed by atoms with van der Waals surface area (Å²) >= 11 is 0. The summed E-state index contributed by atoms with van der Waals surface area (Å²) in [5.41, 5.74) is 2.88. The van der Waals surface area contributed by atoms with Gasteiger partial charge >= 0.3 is 6.61 Å². The standard InChI is InChI=1S/C6H12F2N2O/c1-9-10-3-2-5(4-10)11-6(7)8/h5-6,9H,2-4H2,1H3. The molecule has 0 amide bonds. The SMILES string of the molecule is CNN1CCC(OC(F)F)C1. The van der Waals surface area contributed by atoms with Crippen molar-refractivity contribution in [2.24, 2.45) is 0 Å². The van der Waals surface area contributed by atoms with Crippen LogP contribution in [0.1, 0.15) is 6.42 Å². The van der Waals surface area contributed by atoms with E-state index in [1.807, 2.05) is 5.01 Å². The lowest BCUT2D eigenvalue weighted by Gasteiger charge is -2.13. The van der Waals surface area contributed by atoms with Crippen LogP contribution in [0.5, 0.6) is 0 Å². The summed E-state index contributed by atoms with van der Waals surface area (Å²) in [6.45, 7) is -1.33. The normalized spacial score (nSPS) is 26.7. The smallest absolute Gasteiger partial charge is 0.318 e. The predicted octanol–water partition coefficient (Wildman–Crippen LogP) is 0.434. The summed E-state index contributed by atoms with van der Waals surface area (Å²) in [6.07, 6.45) is 0.355. The van der Waals surface area contributed by atoms with Gasteiger partial charge in [-0.05, 0) is 13.5 Å². The molecule has 1 aliphatic heterocycles. The summed E-state index contributed by atoms with van der Waals surface area (Å²) in [5, 5.41) is 1.85. The summed E-state index contributed by atoms with van der Waals surface area (Å²) in [6, 6.07) is 0. The minimum atomic E-state index is -2.64. The third-order valence-electron chi connectivity index (χ3n) is 1.76. The second kappa shape index (κ2) is 3.94. The monoisotopic (exact) mass is 166 g/mol. The maximum absolute atomic E-state index is 11.7. The first-order valence-electron chi connectivity index (χ1n) is 3.58. The molecule has 1 rings (SSSR count). The van der Waals surface area contributed by atoms with Crippen molar-refractivity contribution in [2.45, 2.75) is 19.1 Å². The molecule has 0 aromatic rings. The second-order valence-electron chi connectivity index (χ2n) is 2.48. The molecule has 1 atom stereocenters. The van der Waals surface area contributed by atoms with E-state index < -0.39 is 6.61 Å². The van der Waals surface area contributed by atoms with Gasteiger partial charge in [-0.2, -0.15) is 8.78 Å². The van der Waals surface area contributed by atoms with Crippen molar-refractivity contribution in [1.29, 1.82) is 0 Å². The molecule has 0 aliphatic carbocycles. The van der Waals surface area contributed by atoms with E-state index in [0.29, 0.717) is 13.0 Å². The van der Waals surface area contributed by atoms with E-state index in [1.165, 1.54) is 0 Å². The van der Waals surface area contributed by atoms with Gasteiger partial charge in [-0.1, -0.05) is 0 Å². The van der Waals surface area contributed by atoms with Gasteiger partial charge in [0, 0.05) is 13.1 Å². The highest BCUT2D eigenvalue weighted by Gasteiger charge is 2.24. The van der Waals surface area contributed by atoms with Crippen molar-refractivity contribution >= 4 is 0 Å². The number of nitrogens with zero attached hydrogens (tertiary/aromatic N) is 1. The number of halogens is 2. The van der Waals surface area contributed by atoms with Gasteiger partial charge in [0.25, 0.3) is 0 Å². The Kier molecular flexibility index (Phi) is 3.16. The number of ether oxygens (including phenoxy) is 1. The Morgan fingerprint density at radius 3 is 2.82 bits per heavy atom. The van der Waals surface area contributed by atoms with Gasteiger partial charge < -0.3 is 4.74 Å². The van der Waals surface area contributed by atoms with Crippen LogP contribution < -0.4 is 5.43 Å². The van der Waals surface area contributed by atoms with Crippen LogP contribution >= 0.6 is 0 Å². The lowest BCUT2D eigenvalue weighted by molar-refractivity contribution is -0.159. The van der Waals surface area contributed by atoms with Crippen molar-refractivity contribution in [2.75, 3.05) is 20.1 Å². The third-order valence-corrected chi connectivity index (χ3v) is 1.76. The molecule has 5 heteroatoms. The Morgan fingerprint density at radius 2 is 2.36 bits per heavy atom. The maximum atomic E-state index is 11.7. The van der Waals surface area contributed by atoms with Crippen LogP contribution in [0.3, 0.4) is 0 Å². The van der Waals surface area contributed by atoms with E-state index in [-0.39, 0.29) is 6.10 Å².